The number of rotatable bonds is 4. The van der Waals surface area contributed by atoms with E-state index in [1.54, 1.807) is 0 Å². The smallest absolute Gasteiger partial charge is 0.195 e. The zero-order chi connectivity index (χ0) is 16.4. The summed E-state index contributed by atoms with van der Waals surface area (Å²) in [5, 5.41) is 13.5. The lowest BCUT2D eigenvalue weighted by molar-refractivity contribution is 0.755. The molecule has 2 fully saturated rings. The summed E-state index contributed by atoms with van der Waals surface area (Å²) in [7, 11) is 2.00. The van der Waals surface area contributed by atoms with E-state index in [2.05, 4.69) is 27.8 Å². The van der Waals surface area contributed by atoms with E-state index < -0.39 is 0 Å². The largest absolute Gasteiger partial charge is 0.300 e. The van der Waals surface area contributed by atoms with Gasteiger partial charge in [0.2, 0.25) is 0 Å². The molecule has 0 radical (unpaired) electrons. The van der Waals surface area contributed by atoms with Gasteiger partial charge < -0.3 is 4.57 Å². The molecule has 0 aromatic carbocycles. The Morgan fingerprint density at radius 3 is 2.67 bits per heavy atom. The van der Waals surface area contributed by atoms with Crippen LogP contribution in [0.4, 0.5) is 0 Å². The third-order valence-electron chi connectivity index (χ3n) is 5.12. The first-order chi connectivity index (χ1) is 11.7. The molecular weight excluding hydrogens is 320 g/mol. The second-order valence-corrected chi connectivity index (χ2v) is 7.33. The van der Waals surface area contributed by atoms with Crippen LogP contribution < -0.4 is 0 Å². The van der Waals surface area contributed by atoms with E-state index in [4.69, 9.17) is 22.3 Å². The molecule has 3 aromatic heterocycles. The second-order valence-electron chi connectivity index (χ2n) is 6.95. The number of hydrogen-bond acceptors (Lipinski definition) is 4. The van der Waals surface area contributed by atoms with Gasteiger partial charge in [-0.05, 0) is 50.9 Å². The number of nitrogens with one attached hydrogen (secondary N) is 1. The van der Waals surface area contributed by atoms with Crippen LogP contribution in [0.1, 0.15) is 55.8 Å². The Bertz CT molecular complexity index is 1000. The van der Waals surface area contributed by atoms with Crippen LogP contribution in [0.15, 0.2) is 6.07 Å². The summed E-state index contributed by atoms with van der Waals surface area (Å²) >= 11 is 5.40. The molecule has 24 heavy (non-hydrogen) atoms. The zero-order valence-electron chi connectivity index (χ0n) is 13.9. The number of pyridine rings is 1. The van der Waals surface area contributed by atoms with Gasteiger partial charge in [0.15, 0.2) is 16.2 Å². The molecular formula is C17H20N6S. The third-order valence-corrected chi connectivity index (χ3v) is 5.43. The van der Waals surface area contributed by atoms with Crippen molar-refractivity contribution < 1.29 is 0 Å². The first-order valence-corrected chi connectivity index (χ1v) is 9.11. The molecule has 2 aliphatic carbocycles. The number of aromatic nitrogens is 6. The molecule has 0 amide bonds. The SMILES string of the molecule is CCn1c(-c2cc(C3CC3)nc3c2c(C2CC2)nn3C)n[nH]c1=S. The maximum absolute atomic E-state index is 5.40. The summed E-state index contributed by atoms with van der Waals surface area (Å²) in [6.45, 7) is 2.90. The highest BCUT2D eigenvalue weighted by atomic mass is 32.1. The molecule has 3 aromatic rings. The van der Waals surface area contributed by atoms with Gasteiger partial charge in [-0.25, -0.2) is 4.98 Å². The number of aryl methyl sites for hydroxylation is 1. The fourth-order valence-corrected chi connectivity index (χ4v) is 3.78. The predicted octanol–water partition coefficient (Wildman–Crippen LogP) is 3.66. The van der Waals surface area contributed by atoms with Crippen LogP contribution in [0.2, 0.25) is 0 Å². The van der Waals surface area contributed by atoms with Crippen molar-refractivity contribution in [3.05, 3.63) is 22.2 Å². The van der Waals surface area contributed by atoms with Gasteiger partial charge >= 0.3 is 0 Å². The van der Waals surface area contributed by atoms with Gasteiger partial charge in [-0.3, -0.25) is 9.78 Å². The van der Waals surface area contributed by atoms with E-state index in [9.17, 15) is 0 Å². The maximum Gasteiger partial charge on any atom is 0.195 e. The number of aromatic amines is 1. The van der Waals surface area contributed by atoms with Gasteiger partial charge in [0, 0.05) is 36.7 Å². The molecule has 0 aliphatic heterocycles. The van der Waals surface area contributed by atoms with Crippen molar-refractivity contribution in [2.24, 2.45) is 7.05 Å². The van der Waals surface area contributed by atoms with Crippen molar-refractivity contribution >= 4 is 23.3 Å². The molecule has 2 aliphatic rings. The first-order valence-electron chi connectivity index (χ1n) is 8.70. The Labute approximate surface area is 144 Å². The fourth-order valence-electron chi connectivity index (χ4n) is 3.52. The molecule has 1 N–H and O–H groups in total. The molecule has 0 bridgehead atoms. The third kappa shape index (κ3) is 2.07. The average molecular weight is 340 g/mol. The van der Waals surface area contributed by atoms with Gasteiger partial charge in [0.25, 0.3) is 0 Å². The minimum Gasteiger partial charge on any atom is -0.300 e. The lowest BCUT2D eigenvalue weighted by Crippen LogP contribution is -2.01. The summed E-state index contributed by atoms with van der Waals surface area (Å²) in [5.74, 6) is 2.06. The molecule has 0 unspecified atom stereocenters. The van der Waals surface area contributed by atoms with Gasteiger partial charge in [-0.1, -0.05) is 0 Å². The monoisotopic (exact) mass is 340 g/mol. The zero-order valence-corrected chi connectivity index (χ0v) is 14.7. The van der Waals surface area contributed by atoms with Crippen molar-refractivity contribution in [1.29, 1.82) is 0 Å². The van der Waals surface area contributed by atoms with Crippen molar-refractivity contribution in [1.82, 2.24) is 29.5 Å². The van der Waals surface area contributed by atoms with Crippen molar-refractivity contribution in [3.63, 3.8) is 0 Å². The first kappa shape index (κ1) is 14.3. The molecule has 7 heteroatoms. The van der Waals surface area contributed by atoms with Crippen LogP contribution in [-0.2, 0) is 13.6 Å². The quantitative estimate of drug-likeness (QED) is 0.736. The van der Waals surface area contributed by atoms with Crippen LogP contribution in [0.25, 0.3) is 22.4 Å². The Hall–Kier alpha value is -2.02. The van der Waals surface area contributed by atoms with E-state index >= 15 is 0 Å². The number of fused-ring (bicyclic) bond motifs is 1. The lowest BCUT2D eigenvalue weighted by atomic mass is 10.0. The normalized spacial score (nSPS) is 17.8. The molecule has 0 saturated heterocycles. The predicted molar refractivity (Wildman–Crippen MR) is 94.5 cm³/mol. The van der Waals surface area contributed by atoms with Crippen LogP contribution in [-0.4, -0.2) is 29.5 Å². The summed E-state index contributed by atoms with van der Waals surface area (Å²) in [5.41, 5.74) is 4.45. The fraction of sp³-hybridized carbons (Fsp3) is 0.529. The highest BCUT2D eigenvalue weighted by Crippen LogP contribution is 2.46. The van der Waals surface area contributed by atoms with E-state index in [0.717, 1.165) is 29.0 Å². The topological polar surface area (TPSA) is 64.3 Å². The second kappa shape index (κ2) is 4.99. The van der Waals surface area contributed by atoms with Crippen LogP contribution in [0.5, 0.6) is 0 Å². The minimum atomic E-state index is 0.568. The Morgan fingerprint density at radius 1 is 1.25 bits per heavy atom. The summed E-state index contributed by atoms with van der Waals surface area (Å²) in [6, 6.07) is 2.23. The molecule has 6 nitrogen and oxygen atoms in total. The van der Waals surface area contributed by atoms with E-state index in [0.29, 0.717) is 16.6 Å². The molecule has 0 spiro atoms. The van der Waals surface area contributed by atoms with E-state index in [1.807, 2.05) is 11.7 Å². The Balaban J connectivity index is 1.86. The molecule has 5 rings (SSSR count). The molecule has 0 atom stereocenters. The Kier molecular flexibility index (Phi) is 2.98. The van der Waals surface area contributed by atoms with Crippen LogP contribution in [0, 0.1) is 4.77 Å². The minimum absolute atomic E-state index is 0.568. The number of nitrogens with zero attached hydrogens (tertiary/aromatic N) is 5. The van der Waals surface area contributed by atoms with Gasteiger partial charge in [-0.15, -0.1) is 0 Å². The average Bonchev–Trinajstić information content (AvgIpc) is 3.49. The van der Waals surface area contributed by atoms with Gasteiger partial charge in [-0.2, -0.15) is 10.2 Å². The van der Waals surface area contributed by atoms with E-state index in [1.165, 1.54) is 37.1 Å². The van der Waals surface area contributed by atoms with Crippen molar-refractivity contribution in [2.75, 3.05) is 0 Å². The number of hydrogen-bond donors (Lipinski definition) is 1. The maximum atomic E-state index is 5.40. The lowest BCUT2D eigenvalue weighted by Gasteiger charge is -2.09. The molecule has 2 saturated carbocycles. The van der Waals surface area contributed by atoms with Crippen LogP contribution >= 0.6 is 12.2 Å². The highest BCUT2D eigenvalue weighted by Gasteiger charge is 2.33. The van der Waals surface area contributed by atoms with Gasteiger partial charge in [0.1, 0.15) is 0 Å². The summed E-state index contributed by atoms with van der Waals surface area (Å²) in [4.78, 5) is 4.94. The Morgan fingerprint density at radius 2 is 2.00 bits per heavy atom. The van der Waals surface area contributed by atoms with Crippen LogP contribution in [0.3, 0.4) is 0 Å². The standard InChI is InChI=1S/C17H20N6S/c1-3-23-15(19-20-17(23)24)11-8-12(9-4-5-9)18-16-13(11)14(10-6-7-10)21-22(16)2/h8-10H,3-7H2,1-2H3,(H,20,24). The van der Waals surface area contributed by atoms with Gasteiger partial charge in [0.05, 0.1) is 11.1 Å². The highest BCUT2D eigenvalue weighted by molar-refractivity contribution is 7.71. The molecule has 3 heterocycles. The summed E-state index contributed by atoms with van der Waals surface area (Å²) < 4.78 is 4.67. The molecule has 124 valence electrons. The van der Waals surface area contributed by atoms with E-state index in [-0.39, 0.29) is 0 Å². The number of H-pyrrole nitrogens is 1. The van der Waals surface area contributed by atoms with Crippen molar-refractivity contribution in [2.45, 2.75) is 51.0 Å². The van der Waals surface area contributed by atoms with Crippen molar-refractivity contribution in [3.8, 4) is 11.4 Å². The summed E-state index contributed by atoms with van der Waals surface area (Å²) in [6.07, 6.45) is 4.89.